The molecule has 114 valence electrons. The molecule has 0 fully saturated rings. The lowest BCUT2D eigenvalue weighted by Crippen LogP contribution is -2.30. The summed E-state index contributed by atoms with van der Waals surface area (Å²) in [5.74, 6) is -1.22. The smallest absolute Gasteiger partial charge is 0.265 e. The molecular formula is C16H15FN2O3. The molecule has 0 bridgehead atoms. The first-order valence-electron chi connectivity index (χ1n) is 6.59. The normalized spacial score (nSPS) is 11.5. The zero-order valence-electron chi connectivity index (χ0n) is 11.9. The highest BCUT2D eigenvalue weighted by Crippen LogP contribution is 2.19. The second-order valence-corrected chi connectivity index (χ2v) is 4.62. The van der Waals surface area contributed by atoms with E-state index in [0.717, 1.165) is 0 Å². The molecule has 0 aliphatic rings. The first-order valence-corrected chi connectivity index (χ1v) is 6.59. The summed E-state index contributed by atoms with van der Waals surface area (Å²) >= 11 is 0. The summed E-state index contributed by atoms with van der Waals surface area (Å²) in [7, 11) is 0. The number of hydrogen-bond acceptors (Lipinski definition) is 3. The molecule has 0 aromatic heterocycles. The zero-order valence-corrected chi connectivity index (χ0v) is 11.9. The summed E-state index contributed by atoms with van der Waals surface area (Å²) in [6.45, 7) is 1.54. The van der Waals surface area contributed by atoms with Gasteiger partial charge in [-0.2, -0.15) is 0 Å². The highest BCUT2D eigenvalue weighted by Gasteiger charge is 2.18. The van der Waals surface area contributed by atoms with Crippen LogP contribution in [-0.2, 0) is 4.79 Å². The minimum absolute atomic E-state index is 0.198. The van der Waals surface area contributed by atoms with E-state index in [9.17, 15) is 14.0 Å². The molecule has 6 heteroatoms. The highest BCUT2D eigenvalue weighted by atomic mass is 19.1. The fraction of sp³-hybridized carbons (Fsp3) is 0.125. The topological polar surface area (TPSA) is 81.4 Å². The molecule has 0 radical (unpaired) electrons. The van der Waals surface area contributed by atoms with Gasteiger partial charge in [-0.3, -0.25) is 9.59 Å². The largest absolute Gasteiger partial charge is 0.480 e. The van der Waals surface area contributed by atoms with Crippen molar-refractivity contribution in [3.05, 3.63) is 59.9 Å². The number of amides is 2. The second-order valence-electron chi connectivity index (χ2n) is 4.62. The van der Waals surface area contributed by atoms with E-state index in [1.54, 1.807) is 18.2 Å². The number of nitrogens with two attached hydrogens (primary N) is 1. The number of primary amides is 1. The average molecular weight is 302 g/mol. The van der Waals surface area contributed by atoms with Gasteiger partial charge in [0.25, 0.3) is 11.8 Å². The Labute approximate surface area is 126 Å². The van der Waals surface area contributed by atoms with Gasteiger partial charge < -0.3 is 15.8 Å². The van der Waals surface area contributed by atoms with Crippen molar-refractivity contribution in [2.75, 3.05) is 5.32 Å². The highest BCUT2D eigenvalue weighted by molar-refractivity contribution is 5.96. The van der Waals surface area contributed by atoms with Crippen LogP contribution in [0.4, 0.5) is 10.1 Å². The monoisotopic (exact) mass is 302 g/mol. The molecule has 2 rings (SSSR count). The molecule has 22 heavy (non-hydrogen) atoms. The predicted octanol–water partition coefficient (Wildman–Crippen LogP) is 2.33. The number of nitrogens with one attached hydrogen (secondary N) is 1. The van der Waals surface area contributed by atoms with Gasteiger partial charge in [0.1, 0.15) is 11.6 Å². The van der Waals surface area contributed by atoms with Crippen molar-refractivity contribution < 1.29 is 18.7 Å². The van der Waals surface area contributed by atoms with E-state index >= 15 is 0 Å². The van der Waals surface area contributed by atoms with Gasteiger partial charge in [-0.25, -0.2) is 4.39 Å². The molecule has 0 unspecified atom stereocenters. The van der Waals surface area contributed by atoms with E-state index in [4.69, 9.17) is 10.5 Å². The maximum absolute atomic E-state index is 12.8. The number of rotatable bonds is 5. The number of benzene rings is 2. The Bertz CT molecular complexity index is 686. The van der Waals surface area contributed by atoms with Crippen LogP contribution in [0.15, 0.2) is 48.5 Å². The van der Waals surface area contributed by atoms with E-state index in [1.807, 2.05) is 0 Å². The lowest BCUT2D eigenvalue weighted by atomic mass is 10.2. The average Bonchev–Trinajstić information content (AvgIpc) is 2.49. The molecular weight excluding hydrogens is 287 g/mol. The molecule has 0 aliphatic heterocycles. The fourth-order valence-electron chi connectivity index (χ4n) is 1.79. The van der Waals surface area contributed by atoms with Crippen LogP contribution in [0.5, 0.6) is 5.75 Å². The summed E-state index contributed by atoms with van der Waals surface area (Å²) in [4.78, 5) is 23.3. The quantitative estimate of drug-likeness (QED) is 0.889. The van der Waals surface area contributed by atoms with Crippen molar-refractivity contribution in [1.29, 1.82) is 0 Å². The number of halogens is 1. The van der Waals surface area contributed by atoms with Crippen LogP contribution in [0, 0.1) is 5.82 Å². The van der Waals surface area contributed by atoms with Crippen LogP contribution >= 0.6 is 0 Å². The molecule has 1 atom stereocenters. The molecule has 0 spiro atoms. The van der Waals surface area contributed by atoms with E-state index < -0.39 is 23.7 Å². The van der Waals surface area contributed by atoms with Gasteiger partial charge in [-0.1, -0.05) is 12.1 Å². The van der Waals surface area contributed by atoms with Crippen LogP contribution in [-0.4, -0.2) is 17.9 Å². The van der Waals surface area contributed by atoms with Gasteiger partial charge in [0.15, 0.2) is 6.10 Å². The van der Waals surface area contributed by atoms with Crippen molar-refractivity contribution in [3.63, 3.8) is 0 Å². The Morgan fingerprint density at radius 2 is 1.77 bits per heavy atom. The SMILES string of the molecule is C[C@H](Oc1ccccc1C(N)=O)C(=O)Nc1ccc(F)cc1. The molecule has 0 aliphatic carbocycles. The van der Waals surface area contributed by atoms with Crippen LogP contribution in [0.25, 0.3) is 0 Å². The summed E-state index contributed by atoms with van der Waals surface area (Å²) in [6, 6.07) is 11.8. The molecule has 2 aromatic carbocycles. The summed E-state index contributed by atoms with van der Waals surface area (Å²) in [5, 5.41) is 2.59. The first kappa shape index (κ1) is 15.5. The van der Waals surface area contributed by atoms with Crippen molar-refractivity contribution >= 4 is 17.5 Å². The minimum Gasteiger partial charge on any atom is -0.480 e. The van der Waals surface area contributed by atoms with Gasteiger partial charge in [0, 0.05) is 5.69 Å². The maximum atomic E-state index is 12.8. The van der Waals surface area contributed by atoms with Crippen molar-refractivity contribution in [2.24, 2.45) is 5.73 Å². The van der Waals surface area contributed by atoms with Crippen LogP contribution in [0.3, 0.4) is 0 Å². The van der Waals surface area contributed by atoms with E-state index in [0.29, 0.717) is 5.69 Å². The number of hydrogen-bond donors (Lipinski definition) is 2. The van der Waals surface area contributed by atoms with Crippen molar-refractivity contribution in [3.8, 4) is 5.75 Å². The zero-order chi connectivity index (χ0) is 16.1. The van der Waals surface area contributed by atoms with Gasteiger partial charge >= 0.3 is 0 Å². The minimum atomic E-state index is -0.856. The molecule has 0 saturated carbocycles. The number of carbonyl (C=O) groups is 2. The number of anilines is 1. The maximum Gasteiger partial charge on any atom is 0.265 e. The lowest BCUT2D eigenvalue weighted by Gasteiger charge is -2.16. The molecule has 2 amide bonds. The fourth-order valence-corrected chi connectivity index (χ4v) is 1.79. The third-order valence-corrected chi connectivity index (χ3v) is 2.94. The summed E-state index contributed by atoms with van der Waals surface area (Å²) in [5.41, 5.74) is 5.90. The lowest BCUT2D eigenvalue weighted by molar-refractivity contribution is -0.122. The van der Waals surface area contributed by atoms with Crippen molar-refractivity contribution in [2.45, 2.75) is 13.0 Å². The summed E-state index contributed by atoms with van der Waals surface area (Å²) in [6.07, 6.45) is -0.856. The van der Waals surface area contributed by atoms with Gasteiger partial charge in [-0.15, -0.1) is 0 Å². The standard InChI is InChI=1S/C16H15FN2O3/c1-10(16(21)19-12-8-6-11(17)7-9-12)22-14-5-3-2-4-13(14)15(18)20/h2-10H,1H3,(H2,18,20)(H,19,21)/t10-/m0/s1. The molecule has 3 N–H and O–H groups in total. The Hall–Kier alpha value is -2.89. The van der Waals surface area contributed by atoms with E-state index in [-0.39, 0.29) is 11.3 Å². The first-order chi connectivity index (χ1) is 10.5. The Balaban J connectivity index is 2.05. The predicted molar refractivity (Wildman–Crippen MR) is 80.1 cm³/mol. The number of carbonyl (C=O) groups excluding carboxylic acids is 2. The molecule has 2 aromatic rings. The van der Waals surface area contributed by atoms with Crippen LogP contribution < -0.4 is 15.8 Å². The van der Waals surface area contributed by atoms with E-state index in [2.05, 4.69) is 5.32 Å². The second kappa shape index (κ2) is 6.71. The molecule has 0 saturated heterocycles. The van der Waals surface area contributed by atoms with Gasteiger partial charge in [0.05, 0.1) is 5.56 Å². The van der Waals surface area contributed by atoms with Crippen molar-refractivity contribution in [1.82, 2.24) is 0 Å². The summed E-state index contributed by atoms with van der Waals surface area (Å²) < 4.78 is 18.3. The number of ether oxygens (including phenoxy) is 1. The van der Waals surface area contributed by atoms with Crippen LogP contribution in [0.2, 0.25) is 0 Å². The van der Waals surface area contributed by atoms with Crippen LogP contribution in [0.1, 0.15) is 17.3 Å². The Morgan fingerprint density at radius 1 is 1.14 bits per heavy atom. The third kappa shape index (κ3) is 3.82. The van der Waals surface area contributed by atoms with E-state index in [1.165, 1.54) is 37.3 Å². The third-order valence-electron chi connectivity index (χ3n) is 2.94. The Kier molecular flexibility index (Phi) is 4.73. The Morgan fingerprint density at radius 3 is 2.41 bits per heavy atom. The molecule has 5 nitrogen and oxygen atoms in total. The van der Waals surface area contributed by atoms with Gasteiger partial charge in [-0.05, 0) is 43.3 Å². The number of para-hydroxylation sites is 1. The molecule has 0 heterocycles. The van der Waals surface area contributed by atoms with Gasteiger partial charge in [0.2, 0.25) is 0 Å².